The van der Waals surface area contributed by atoms with Crippen molar-refractivity contribution < 1.29 is 24.2 Å². The number of hydrogen-bond donors (Lipinski definition) is 1. The van der Waals surface area contributed by atoms with E-state index in [9.17, 15) is 19.2 Å². The number of aldehydes is 1. The minimum Gasteiger partial charge on any atom is -0.477 e. The van der Waals surface area contributed by atoms with Gasteiger partial charge in [-0.1, -0.05) is 0 Å². The molecule has 0 saturated carbocycles. The molecule has 2 aliphatic rings. The Kier molecular flexibility index (Phi) is 3.32. The highest BCUT2D eigenvalue weighted by Crippen LogP contribution is 2.26. The summed E-state index contributed by atoms with van der Waals surface area (Å²) in [5, 5.41) is 9.07. The Balaban J connectivity index is 2.23. The van der Waals surface area contributed by atoms with Crippen molar-refractivity contribution in [3.8, 4) is 0 Å². The van der Waals surface area contributed by atoms with Crippen molar-refractivity contribution in [1.82, 2.24) is 9.47 Å². The van der Waals surface area contributed by atoms with Crippen LogP contribution in [-0.4, -0.2) is 51.6 Å². The van der Waals surface area contributed by atoms with Crippen molar-refractivity contribution in [2.45, 2.75) is 32.2 Å². The standard InChI is InChI=1S/C14H14N2O6/c1-7-2-3-22-10-5-15-4-8(14(20)21)12(18)9(6-17)11(15)13(19)16(7)10/h4,6-7,10H,2-3,5H2,1H3,(H,20,21). The molecule has 116 valence electrons. The Labute approximate surface area is 124 Å². The zero-order valence-electron chi connectivity index (χ0n) is 11.8. The van der Waals surface area contributed by atoms with Crippen LogP contribution < -0.4 is 5.43 Å². The van der Waals surface area contributed by atoms with Gasteiger partial charge < -0.3 is 19.3 Å². The third-order valence-electron chi connectivity index (χ3n) is 4.09. The number of nitrogens with zero attached hydrogens (tertiary/aromatic N) is 2. The number of amides is 1. The average Bonchev–Trinajstić information content (AvgIpc) is 2.47. The van der Waals surface area contributed by atoms with Crippen molar-refractivity contribution in [3.05, 3.63) is 33.2 Å². The summed E-state index contributed by atoms with van der Waals surface area (Å²) in [6, 6.07) is -0.0752. The number of fused-ring (bicyclic) bond motifs is 2. The molecule has 3 rings (SSSR count). The number of pyridine rings is 1. The molecule has 2 atom stereocenters. The molecule has 3 heterocycles. The van der Waals surface area contributed by atoms with Crippen LogP contribution in [0.3, 0.4) is 0 Å². The van der Waals surface area contributed by atoms with E-state index in [4.69, 9.17) is 9.84 Å². The van der Waals surface area contributed by atoms with Gasteiger partial charge in [-0.3, -0.25) is 14.4 Å². The van der Waals surface area contributed by atoms with Gasteiger partial charge in [0.05, 0.1) is 18.7 Å². The summed E-state index contributed by atoms with van der Waals surface area (Å²) in [5.74, 6) is -1.92. The smallest absolute Gasteiger partial charge is 0.341 e. The van der Waals surface area contributed by atoms with Crippen LogP contribution in [0.1, 0.15) is 44.5 Å². The number of rotatable bonds is 2. The molecule has 0 radical (unpaired) electrons. The van der Waals surface area contributed by atoms with Gasteiger partial charge in [0.1, 0.15) is 11.3 Å². The molecule has 8 nitrogen and oxygen atoms in total. The van der Waals surface area contributed by atoms with Crippen LogP contribution in [0, 0.1) is 0 Å². The number of aromatic nitrogens is 1. The first-order chi connectivity index (χ1) is 10.5. The van der Waals surface area contributed by atoms with E-state index in [1.165, 1.54) is 9.47 Å². The number of carboxylic acid groups (broad SMARTS) is 1. The molecule has 2 aliphatic heterocycles. The Bertz CT molecular complexity index is 738. The van der Waals surface area contributed by atoms with Crippen LogP contribution >= 0.6 is 0 Å². The molecule has 2 unspecified atom stereocenters. The number of carboxylic acids is 1. The second-order valence-electron chi connectivity index (χ2n) is 5.39. The van der Waals surface area contributed by atoms with Gasteiger partial charge >= 0.3 is 5.97 Å². The highest BCUT2D eigenvalue weighted by atomic mass is 16.5. The summed E-state index contributed by atoms with van der Waals surface area (Å²) >= 11 is 0. The molecule has 1 N–H and O–H groups in total. The van der Waals surface area contributed by atoms with Crippen molar-refractivity contribution >= 4 is 18.2 Å². The fourth-order valence-electron chi connectivity index (χ4n) is 2.97. The first-order valence-corrected chi connectivity index (χ1v) is 6.86. The number of carbonyl (C=O) groups is 3. The zero-order chi connectivity index (χ0) is 16.0. The molecule has 1 saturated heterocycles. The van der Waals surface area contributed by atoms with E-state index in [1.807, 2.05) is 6.92 Å². The summed E-state index contributed by atoms with van der Waals surface area (Å²) in [7, 11) is 0. The largest absolute Gasteiger partial charge is 0.477 e. The molecule has 1 fully saturated rings. The first-order valence-electron chi connectivity index (χ1n) is 6.86. The second-order valence-corrected chi connectivity index (χ2v) is 5.39. The number of hydrogen-bond acceptors (Lipinski definition) is 5. The van der Waals surface area contributed by atoms with E-state index < -0.39 is 34.7 Å². The summed E-state index contributed by atoms with van der Waals surface area (Å²) < 4.78 is 6.88. The highest BCUT2D eigenvalue weighted by molar-refractivity contribution is 6.02. The Morgan fingerprint density at radius 1 is 1.45 bits per heavy atom. The van der Waals surface area contributed by atoms with Crippen LogP contribution in [0.2, 0.25) is 0 Å². The molecule has 0 aliphatic carbocycles. The normalized spacial score (nSPS) is 23.7. The Morgan fingerprint density at radius 2 is 2.18 bits per heavy atom. The van der Waals surface area contributed by atoms with Gasteiger partial charge in [-0.05, 0) is 13.3 Å². The molecular formula is C14H14N2O6. The molecule has 1 amide bonds. The van der Waals surface area contributed by atoms with E-state index in [2.05, 4.69) is 0 Å². The van der Waals surface area contributed by atoms with Crippen LogP contribution in [0.15, 0.2) is 11.0 Å². The number of carbonyl (C=O) groups excluding carboxylic acids is 2. The fourth-order valence-corrected chi connectivity index (χ4v) is 2.97. The van der Waals surface area contributed by atoms with Gasteiger partial charge in [-0.25, -0.2) is 4.79 Å². The number of aromatic carboxylic acids is 1. The molecule has 1 aromatic heterocycles. The Morgan fingerprint density at radius 3 is 2.82 bits per heavy atom. The van der Waals surface area contributed by atoms with Crippen molar-refractivity contribution in [2.24, 2.45) is 0 Å². The minimum atomic E-state index is -1.43. The maximum atomic E-state index is 12.7. The average molecular weight is 306 g/mol. The Hall–Kier alpha value is -2.48. The molecule has 22 heavy (non-hydrogen) atoms. The van der Waals surface area contributed by atoms with Crippen molar-refractivity contribution in [2.75, 3.05) is 6.61 Å². The molecule has 0 spiro atoms. The second kappa shape index (κ2) is 5.06. The predicted molar refractivity (Wildman–Crippen MR) is 73.0 cm³/mol. The molecule has 1 aromatic rings. The number of ether oxygens (including phenoxy) is 1. The molecular weight excluding hydrogens is 292 g/mol. The van der Waals surface area contributed by atoms with Crippen LogP contribution in [0.25, 0.3) is 0 Å². The first kappa shape index (κ1) is 14.5. The summed E-state index contributed by atoms with van der Waals surface area (Å²) in [4.78, 5) is 48.6. The maximum Gasteiger partial charge on any atom is 0.341 e. The topological polar surface area (TPSA) is 106 Å². The van der Waals surface area contributed by atoms with E-state index in [0.717, 1.165) is 6.20 Å². The monoisotopic (exact) mass is 306 g/mol. The zero-order valence-corrected chi connectivity index (χ0v) is 11.8. The SMILES string of the molecule is CC1CCOC2Cn3cc(C(=O)O)c(=O)c(C=O)c3C(=O)N12. The molecule has 0 bridgehead atoms. The van der Waals surface area contributed by atoms with Gasteiger partial charge in [0.15, 0.2) is 12.5 Å². The van der Waals surface area contributed by atoms with Gasteiger partial charge in [-0.15, -0.1) is 0 Å². The van der Waals surface area contributed by atoms with Crippen LogP contribution in [-0.2, 0) is 11.3 Å². The van der Waals surface area contributed by atoms with Crippen LogP contribution in [0.4, 0.5) is 0 Å². The molecule has 8 heteroatoms. The maximum absolute atomic E-state index is 12.7. The summed E-state index contributed by atoms with van der Waals surface area (Å²) in [5.41, 5.74) is -1.96. The minimum absolute atomic E-state index is 0.0707. The third-order valence-corrected chi connectivity index (χ3v) is 4.09. The van der Waals surface area contributed by atoms with Gasteiger partial charge in [0, 0.05) is 12.2 Å². The summed E-state index contributed by atoms with van der Waals surface area (Å²) in [6.45, 7) is 2.55. The lowest BCUT2D eigenvalue weighted by Crippen LogP contribution is -2.57. The van der Waals surface area contributed by atoms with E-state index in [-0.39, 0.29) is 24.6 Å². The predicted octanol–water partition coefficient (Wildman–Crippen LogP) is -0.0503. The van der Waals surface area contributed by atoms with Gasteiger partial charge in [0.2, 0.25) is 5.43 Å². The van der Waals surface area contributed by atoms with E-state index in [0.29, 0.717) is 13.0 Å². The fraction of sp³-hybridized carbons (Fsp3) is 0.429. The quantitative estimate of drug-likeness (QED) is 0.768. The van der Waals surface area contributed by atoms with E-state index >= 15 is 0 Å². The van der Waals surface area contributed by atoms with Gasteiger partial charge in [-0.2, -0.15) is 0 Å². The van der Waals surface area contributed by atoms with Gasteiger partial charge in [0.25, 0.3) is 5.91 Å². The third kappa shape index (κ3) is 1.95. The molecule has 0 aromatic carbocycles. The van der Waals surface area contributed by atoms with E-state index in [1.54, 1.807) is 0 Å². The summed E-state index contributed by atoms with van der Waals surface area (Å²) in [6.07, 6.45) is 1.49. The van der Waals surface area contributed by atoms with Crippen molar-refractivity contribution in [3.63, 3.8) is 0 Å². The lowest BCUT2D eigenvalue weighted by molar-refractivity contribution is -0.112. The lowest BCUT2D eigenvalue weighted by atomic mass is 10.0. The highest BCUT2D eigenvalue weighted by Gasteiger charge is 2.40. The van der Waals surface area contributed by atoms with Crippen LogP contribution in [0.5, 0.6) is 0 Å². The lowest BCUT2D eigenvalue weighted by Gasteiger charge is -2.44. The van der Waals surface area contributed by atoms with Crippen molar-refractivity contribution in [1.29, 1.82) is 0 Å².